The minimum absolute atomic E-state index is 0.0481. The van der Waals surface area contributed by atoms with Gasteiger partial charge in [0, 0.05) is 6.07 Å². The van der Waals surface area contributed by atoms with E-state index >= 15 is 0 Å². The van der Waals surface area contributed by atoms with Gasteiger partial charge in [-0.3, -0.25) is 10.1 Å². The molecule has 0 spiro atoms. The third-order valence-corrected chi connectivity index (χ3v) is 3.83. The first-order chi connectivity index (χ1) is 12.5. The van der Waals surface area contributed by atoms with E-state index in [4.69, 9.17) is 30.5 Å². The summed E-state index contributed by atoms with van der Waals surface area (Å²) in [6.45, 7) is 1.99. The number of nitro benzene ring substituents is 1. The molecule has 1 aliphatic heterocycles. The van der Waals surface area contributed by atoms with E-state index in [-0.39, 0.29) is 37.0 Å². The molecule has 0 radical (unpaired) electrons. The first-order valence-electron chi connectivity index (χ1n) is 7.66. The lowest BCUT2D eigenvalue weighted by atomic mass is 10.2. The second kappa shape index (κ2) is 7.49. The molecule has 9 heteroatoms. The van der Waals surface area contributed by atoms with Gasteiger partial charge in [-0.2, -0.15) is 0 Å². The van der Waals surface area contributed by atoms with E-state index in [1.807, 2.05) is 0 Å². The third kappa shape index (κ3) is 3.65. The van der Waals surface area contributed by atoms with Crippen molar-refractivity contribution in [3.8, 4) is 17.2 Å². The van der Waals surface area contributed by atoms with E-state index in [1.165, 1.54) is 12.1 Å². The van der Waals surface area contributed by atoms with Crippen molar-refractivity contribution in [3.63, 3.8) is 0 Å². The SMILES string of the molecule is CCOc1ccc(C(=O)OCc2cc(Cl)c3c(c2)OCO3)cc1[N+](=O)[O-]. The van der Waals surface area contributed by atoms with Crippen molar-refractivity contribution < 1.29 is 28.7 Å². The Kier molecular flexibility index (Phi) is 5.13. The molecule has 0 atom stereocenters. The highest BCUT2D eigenvalue weighted by Gasteiger charge is 2.21. The summed E-state index contributed by atoms with van der Waals surface area (Å²) in [7, 11) is 0. The number of nitrogens with zero attached hydrogens (tertiary/aromatic N) is 1. The summed E-state index contributed by atoms with van der Waals surface area (Å²) in [4.78, 5) is 22.7. The largest absolute Gasteiger partial charge is 0.487 e. The van der Waals surface area contributed by atoms with Gasteiger partial charge in [0.2, 0.25) is 6.79 Å². The van der Waals surface area contributed by atoms with Crippen LogP contribution in [0.4, 0.5) is 5.69 Å². The van der Waals surface area contributed by atoms with Crippen molar-refractivity contribution in [2.45, 2.75) is 13.5 Å². The molecule has 0 fully saturated rings. The monoisotopic (exact) mass is 379 g/mol. The van der Waals surface area contributed by atoms with E-state index in [9.17, 15) is 14.9 Å². The second-order valence-electron chi connectivity index (χ2n) is 5.26. The number of hydrogen-bond donors (Lipinski definition) is 0. The Labute approximate surface area is 153 Å². The van der Waals surface area contributed by atoms with Crippen molar-refractivity contribution in [2.75, 3.05) is 13.4 Å². The molecule has 1 aliphatic rings. The van der Waals surface area contributed by atoms with E-state index < -0.39 is 10.9 Å². The van der Waals surface area contributed by atoms with Crippen molar-refractivity contribution in [2.24, 2.45) is 0 Å². The molecular formula is C17H14ClNO7. The maximum Gasteiger partial charge on any atom is 0.338 e. The van der Waals surface area contributed by atoms with Gasteiger partial charge in [0.1, 0.15) is 6.61 Å². The topological polar surface area (TPSA) is 97.1 Å². The number of esters is 1. The summed E-state index contributed by atoms with van der Waals surface area (Å²) in [6, 6.07) is 7.16. The maximum absolute atomic E-state index is 12.2. The van der Waals surface area contributed by atoms with Crippen LogP contribution in [0.3, 0.4) is 0 Å². The zero-order valence-corrected chi connectivity index (χ0v) is 14.4. The Morgan fingerprint density at radius 1 is 1.31 bits per heavy atom. The molecule has 0 unspecified atom stereocenters. The Bertz CT molecular complexity index is 868. The van der Waals surface area contributed by atoms with Gasteiger partial charge in [0.15, 0.2) is 17.2 Å². The molecule has 0 aliphatic carbocycles. The lowest BCUT2D eigenvalue weighted by Gasteiger charge is -2.08. The number of fused-ring (bicyclic) bond motifs is 1. The number of nitro groups is 1. The molecule has 0 bridgehead atoms. The van der Waals surface area contributed by atoms with Crippen molar-refractivity contribution >= 4 is 23.3 Å². The molecule has 0 N–H and O–H groups in total. The van der Waals surface area contributed by atoms with Crippen LogP contribution < -0.4 is 14.2 Å². The van der Waals surface area contributed by atoms with Crippen LogP contribution in [0.25, 0.3) is 0 Å². The molecule has 0 amide bonds. The zero-order chi connectivity index (χ0) is 18.7. The minimum Gasteiger partial charge on any atom is -0.487 e. The standard InChI is InChI=1S/C17H14ClNO7/c1-2-23-14-4-3-11(7-13(14)19(21)22)17(20)24-8-10-5-12(18)16-15(6-10)25-9-26-16/h3-7H,2,8-9H2,1H3. The molecule has 3 rings (SSSR count). The lowest BCUT2D eigenvalue weighted by Crippen LogP contribution is -2.07. The fraction of sp³-hybridized carbons (Fsp3) is 0.235. The van der Waals surface area contributed by atoms with Crippen molar-refractivity contribution in [3.05, 3.63) is 56.6 Å². The van der Waals surface area contributed by atoms with Crippen LogP contribution in [0.5, 0.6) is 17.2 Å². The first-order valence-corrected chi connectivity index (χ1v) is 8.03. The van der Waals surface area contributed by atoms with E-state index in [2.05, 4.69) is 0 Å². The number of benzene rings is 2. The Balaban J connectivity index is 1.73. The molecule has 0 saturated heterocycles. The highest BCUT2D eigenvalue weighted by molar-refractivity contribution is 6.32. The number of rotatable bonds is 6. The Morgan fingerprint density at radius 2 is 2.12 bits per heavy atom. The molecule has 1 heterocycles. The number of carbonyl (C=O) groups excluding carboxylic acids is 1. The summed E-state index contributed by atoms with van der Waals surface area (Å²) in [5, 5.41) is 11.5. The fourth-order valence-electron chi connectivity index (χ4n) is 2.40. The summed E-state index contributed by atoms with van der Waals surface area (Å²) >= 11 is 6.08. The van der Waals surface area contributed by atoms with Gasteiger partial charge >= 0.3 is 11.7 Å². The van der Waals surface area contributed by atoms with Crippen LogP contribution >= 0.6 is 11.6 Å². The lowest BCUT2D eigenvalue weighted by molar-refractivity contribution is -0.385. The Morgan fingerprint density at radius 3 is 2.85 bits per heavy atom. The molecule has 136 valence electrons. The van der Waals surface area contributed by atoms with Crippen LogP contribution in [-0.2, 0) is 11.3 Å². The van der Waals surface area contributed by atoms with Crippen molar-refractivity contribution in [1.82, 2.24) is 0 Å². The summed E-state index contributed by atoms with van der Waals surface area (Å²) in [5.74, 6) is 0.311. The zero-order valence-electron chi connectivity index (χ0n) is 13.7. The van der Waals surface area contributed by atoms with Crippen LogP contribution in [0.1, 0.15) is 22.8 Å². The van der Waals surface area contributed by atoms with Crippen molar-refractivity contribution in [1.29, 1.82) is 0 Å². The average Bonchev–Trinajstić information content (AvgIpc) is 3.09. The third-order valence-electron chi connectivity index (χ3n) is 3.55. The minimum atomic E-state index is -0.704. The highest BCUT2D eigenvalue weighted by Crippen LogP contribution is 2.40. The molecule has 2 aromatic carbocycles. The average molecular weight is 380 g/mol. The van der Waals surface area contributed by atoms with Gasteiger partial charge < -0.3 is 18.9 Å². The molecule has 8 nitrogen and oxygen atoms in total. The summed E-state index contributed by atoms with van der Waals surface area (Å²) in [6.07, 6.45) is 0. The number of carbonyl (C=O) groups is 1. The van der Waals surface area contributed by atoms with Gasteiger partial charge in [-0.1, -0.05) is 11.6 Å². The number of halogens is 1. The van der Waals surface area contributed by atoms with Gasteiger partial charge in [0.05, 0.1) is 22.1 Å². The normalized spacial score (nSPS) is 11.9. The highest BCUT2D eigenvalue weighted by atomic mass is 35.5. The first kappa shape index (κ1) is 17.8. The quantitative estimate of drug-likeness (QED) is 0.428. The van der Waals surface area contributed by atoms with E-state index in [0.29, 0.717) is 22.1 Å². The Hall–Kier alpha value is -3.00. The molecular weight excluding hydrogens is 366 g/mol. The van der Waals surface area contributed by atoms with E-state index in [1.54, 1.807) is 19.1 Å². The van der Waals surface area contributed by atoms with Crippen LogP contribution in [-0.4, -0.2) is 24.3 Å². The molecule has 2 aromatic rings. The summed E-state index contributed by atoms with van der Waals surface area (Å²) < 4.78 is 20.9. The predicted molar refractivity (Wildman–Crippen MR) is 91.0 cm³/mol. The molecule has 0 aromatic heterocycles. The molecule has 26 heavy (non-hydrogen) atoms. The fourth-order valence-corrected chi connectivity index (χ4v) is 2.69. The van der Waals surface area contributed by atoms with Crippen LogP contribution in [0.2, 0.25) is 5.02 Å². The summed E-state index contributed by atoms with van der Waals surface area (Å²) in [5.41, 5.74) is 0.354. The van der Waals surface area contributed by atoms with Gasteiger partial charge in [-0.15, -0.1) is 0 Å². The molecule has 0 saturated carbocycles. The van der Waals surface area contributed by atoms with E-state index in [0.717, 1.165) is 6.07 Å². The van der Waals surface area contributed by atoms with Gasteiger partial charge in [-0.05, 0) is 36.8 Å². The number of hydrogen-bond acceptors (Lipinski definition) is 7. The predicted octanol–water partition coefficient (Wildman–Crippen LogP) is 3.73. The van der Waals surface area contributed by atoms with Gasteiger partial charge in [-0.25, -0.2) is 4.79 Å². The van der Waals surface area contributed by atoms with Gasteiger partial charge in [0.25, 0.3) is 0 Å². The maximum atomic E-state index is 12.2. The van der Waals surface area contributed by atoms with Crippen LogP contribution in [0, 0.1) is 10.1 Å². The van der Waals surface area contributed by atoms with Crippen LogP contribution in [0.15, 0.2) is 30.3 Å². The number of ether oxygens (including phenoxy) is 4. The smallest absolute Gasteiger partial charge is 0.338 e. The second-order valence-corrected chi connectivity index (χ2v) is 5.67.